The van der Waals surface area contributed by atoms with E-state index in [2.05, 4.69) is 54.8 Å². The average molecular weight is 1110 g/mol. The summed E-state index contributed by atoms with van der Waals surface area (Å²) in [6, 6.07) is -5.99. The number of carbonyl (C=O) groups excluding carboxylic acids is 10. The molecule has 10 atom stereocenters. The highest BCUT2D eigenvalue weighted by Crippen LogP contribution is 2.24. The number of nitrogens with zero attached hydrogens (tertiary/aromatic N) is 1. The Kier molecular flexibility index (Phi) is 30.3. The summed E-state index contributed by atoms with van der Waals surface area (Å²) < 4.78 is 0. The van der Waals surface area contributed by atoms with Crippen LogP contribution in [0.25, 0.3) is 0 Å². The Balaban J connectivity index is 3.22. The van der Waals surface area contributed by atoms with Crippen molar-refractivity contribution in [1.29, 1.82) is 0 Å². The van der Waals surface area contributed by atoms with Gasteiger partial charge in [0.25, 0.3) is 0 Å². The molecule has 448 valence electrons. The number of nitrogens with one attached hydrogen (secondary N) is 9. The molecule has 0 aromatic heterocycles. The number of likely N-dealkylation sites (tertiary alicyclic amines) is 1. The molecule has 0 spiro atoms. The normalized spacial score (nSPS) is 17.4. The lowest BCUT2D eigenvalue weighted by Crippen LogP contribution is -2.66. The molecule has 0 unspecified atom stereocenters. The number of Topliss-reactive ketones (excluding diaryl/α,β-unsaturated/α-hetero) is 1. The molecule has 0 radical (unpaired) electrons. The lowest BCUT2D eigenvalue weighted by atomic mass is 9.92. The third-order valence-electron chi connectivity index (χ3n) is 14.5. The quantitative estimate of drug-likeness (QED) is 0.0402. The topological polar surface area (TPSA) is 323 Å². The molecule has 1 aliphatic heterocycles. The lowest BCUT2D eigenvalue weighted by Gasteiger charge is -2.35. The molecule has 1 aliphatic rings. The minimum atomic E-state index is -1.67. The number of aliphatic hydroxyl groups is 2. The van der Waals surface area contributed by atoms with E-state index in [0.29, 0.717) is 45.3 Å². The van der Waals surface area contributed by atoms with Crippen LogP contribution in [0.15, 0.2) is 0 Å². The van der Waals surface area contributed by atoms with Crippen LogP contribution in [0, 0.1) is 23.7 Å². The number of unbranched alkanes of at least 4 members (excludes halogenated alkanes) is 3. The van der Waals surface area contributed by atoms with Crippen LogP contribution in [0.2, 0.25) is 0 Å². The van der Waals surface area contributed by atoms with Gasteiger partial charge in [-0.25, -0.2) is 0 Å². The van der Waals surface area contributed by atoms with Crippen molar-refractivity contribution >= 4 is 58.9 Å². The third kappa shape index (κ3) is 23.6. The van der Waals surface area contributed by atoms with E-state index < -0.39 is 112 Å². The first-order valence-corrected chi connectivity index (χ1v) is 28.5. The highest BCUT2D eigenvalue weighted by atomic mass is 16.3. The van der Waals surface area contributed by atoms with E-state index in [4.69, 9.17) is 5.11 Å². The van der Waals surface area contributed by atoms with Gasteiger partial charge in [-0.3, -0.25) is 47.9 Å². The molecule has 1 saturated heterocycles. The van der Waals surface area contributed by atoms with Gasteiger partial charge in [-0.05, 0) is 105 Å². The number of hydrogen-bond donors (Lipinski definition) is 11. The van der Waals surface area contributed by atoms with Crippen LogP contribution in [0.5, 0.6) is 0 Å². The van der Waals surface area contributed by atoms with Gasteiger partial charge in [0.1, 0.15) is 52.6 Å². The van der Waals surface area contributed by atoms with Crippen molar-refractivity contribution in [3.05, 3.63) is 0 Å². The second-order valence-electron chi connectivity index (χ2n) is 23.7. The van der Waals surface area contributed by atoms with Gasteiger partial charge in [0.15, 0.2) is 0 Å². The molecule has 9 amide bonds. The summed E-state index contributed by atoms with van der Waals surface area (Å²) in [5, 5.41) is 44.5. The summed E-state index contributed by atoms with van der Waals surface area (Å²) in [6.07, 6.45) is 5.59. The fourth-order valence-corrected chi connectivity index (χ4v) is 8.99. The fraction of sp³-hybridized carbons (Fsp3) is 0.821. The minimum absolute atomic E-state index is 0.0292. The van der Waals surface area contributed by atoms with Gasteiger partial charge >= 0.3 is 0 Å². The molecule has 22 nitrogen and oxygen atoms in total. The van der Waals surface area contributed by atoms with Crippen LogP contribution in [-0.2, 0) is 47.9 Å². The first kappa shape index (κ1) is 70.8. The van der Waals surface area contributed by atoms with E-state index in [-0.39, 0.29) is 61.9 Å². The summed E-state index contributed by atoms with van der Waals surface area (Å²) in [5.74, 6) is -7.22. The maximum Gasteiger partial charge on any atom is 0.246 e. The lowest BCUT2D eigenvalue weighted by molar-refractivity contribution is -0.142. The van der Waals surface area contributed by atoms with Crippen molar-refractivity contribution in [3.8, 4) is 0 Å². The molecule has 22 heteroatoms. The predicted molar refractivity (Wildman–Crippen MR) is 299 cm³/mol. The Labute approximate surface area is 465 Å². The van der Waals surface area contributed by atoms with Crippen molar-refractivity contribution in [2.45, 2.75) is 247 Å². The molecule has 11 N–H and O–H groups in total. The van der Waals surface area contributed by atoms with Crippen LogP contribution in [-0.4, -0.2) is 159 Å². The van der Waals surface area contributed by atoms with Crippen molar-refractivity contribution < 1.29 is 58.2 Å². The Hall–Kier alpha value is -5.22. The summed E-state index contributed by atoms with van der Waals surface area (Å²) in [5.41, 5.74) is -4.63. The van der Waals surface area contributed by atoms with Gasteiger partial charge in [0.2, 0.25) is 53.2 Å². The maximum absolute atomic E-state index is 14.1. The van der Waals surface area contributed by atoms with Gasteiger partial charge in [-0.1, -0.05) is 87.5 Å². The van der Waals surface area contributed by atoms with Crippen molar-refractivity contribution in [3.63, 3.8) is 0 Å². The molecule has 1 fully saturated rings. The van der Waals surface area contributed by atoms with Gasteiger partial charge in [-0.2, -0.15) is 0 Å². The van der Waals surface area contributed by atoms with Crippen LogP contribution >= 0.6 is 0 Å². The molecule has 0 aromatic carbocycles. The van der Waals surface area contributed by atoms with Gasteiger partial charge < -0.3 is 63.0 Å². The van der Waals surface area contributed by atoms with E-state index in [0.717, 1.165) is 25.7 Å². The molecule has 0 aliphatic carbocycles. The van der Waals surface area contributed by atoms with E-state index in [9.17, 15) is 53.1 Å². The van der Waals surface area contributed by atoms with Gasteiger partial charge in [0.05, 0.1) is 12.7 Å². The minimum Gasteiger partial charge on any atom is -0.395 e. The predicted octanol–water partition coefficient (Wildman–Crippen LogP) is 2.16. The van der Waals surface area contributed by atoms with Crippen molar-refractivity contribution in [2.24, 2.45) is 23.7 Å². The van der Waals surface area contributed by atoms with Crippen LogP contribution in [0.3, 0.4) is 0 Å². The Morgan fingerprint density at radius 1 is 0.641 bits per heavy atom. The van der Waals surface area contributed by atoms with E-state index >= 15 is 0 Å². The molecule has 78 heavy (non-hydrogen) atoms. The molecular formula is C56H102N10O12. The molecule has 0 saturated carbocycles. The number of amides is 9. The van der Waals surface area contributed by atoms with E-state index in [1.54, 1.807) is 46.4 Å². The highest BCUT2D eigenvalue weighted by molar-refractivity contribution is 6.00. The molecule has 0 bridgehead atoms. The summed E-state index contributed by atoms with van der Waals surface area (Å²) >= 11 is 0. The second kappa shape index (κ2) is 33.4. The summed E-state index contributed by atoms with van der Waals surface area (Å²) in [7, 11) is 0. The maximum atomic E-state index is 14.1. The molecule has 0 aromatic rings. The summed E-state index contributed by atoms with van der Waals surface area (Å²) in [4.78, 5) is 138. The van der Waals surface area contributed by atoms with Crippen LogP contribution < -0.4 is 47.9 Å². The van der Waals surface area contributed by atoms with E-state index in [1.165, 1.54) is 48.5 Å². The second-order valence-corrected chi connectivity index (χ2v) is 23.7. The molecule has 1 rings (SSSR count). The largest absolute Gasteiger partial charge is 0.395 e. The number of ketones is 1. The zero-order valence-corrected chi connectivity index (χ0v) is 50.1. The van der Waals surface area contributed by atoms with Crippen molar-refractivity contribution in [1.82, 2.24) is 52.8 Å². The monoisotopic (exact) mass is 1110 g/mol. The number of rotatable bonds is 36. The Morgan fingerprint density at radius 2 is 1.23 bits per heavy atom. The SMILES string of the molecule is CCCCCC[C@H](C)C(=O)N1CCC[C@@H]1C(=O)N[C@H](C[C@@H](C)C[C@@H](O)CC(=O)CC)C(=O)N[C@@H](C)C(=O)NC(C)(C)C(=O)N[C@@H](C(=O)N[C@@H](C(=O)NC(C)(C)C(=O)NC(C)(C)C(=O)N[C@@H](C)CNCCO)[C@@H](C)CC)C(C)C. The van der Waals surface area contributed by atoms with E-state index in [1.807, 2.05) is 13.8 Å². The highest BCUT2D eigenvalue weighted by Gasteiger charge is 2.42. The third-order valence-corrected chi connectivity index (χ3v) is 14.5. The number of hydrogen-bond acceptors (Lipinski definition) is 13. The van der Waals surface area contributed by atoms with Crippen LogP contribution in [0.1, 0.15) is 188 Å². The smallest absolute Gasteiger partial charge is 0.246 e. The molecule has 1 heterocycles. The fourth-order valence-electron chi connectivity index (χ4n) is 8.99. The Bertz CT molecular complexity index is 2010. The first-order valence-electron chi connectivity index (χ1n) is 28.5. The Morgan fingerprint density at radius 3 is 1.81 bits per heavy atom. The average Bonchev–Trinajstić information content (AvgIpc) is 3.85. The van der Waals surface area contributed by atoms with Crippen LogP contribution in [0.4, 0.5) is 0 Å². The first-order chi connectivity index (χ1) is 36.2. The summed E-state index contributed by atoms with van der Waals surface area (Å²) in [6.45, 7) is 27.4. The zero-order chi connectivity index (χ0) is 59.9. The standard InChI is InChI=1S/C56H102N10O12/c1-17-20-21-22-24-36(8)50(75)66-27-23-25-42(66)47(72)60-41(30-34(6)29-40(69)31-39(68)19-3)46(71)59-38(10)45(70)63-54(11,12)52(77)62-43(33(4)5)48(73)61-44(35(7)18-2)49(74)64-56(15,16)53(78)65-55(13,14)51(76)58-37(9)32-57-26-28-67/h33-38,40-44,57,67,69H,17-32H2,1-16H3,(H,58,76)(H,59,71)(H,60,72)(H,61,73)(H,62,77)(H,63,70)(H,64,74)(H,65,78)/t34-,35-,36-,37-,38-,40+,41+,42+,43+,44+/m0/s1. The van der Waals surface area contributed by atoms with Gasteiger partial charge in [0, 0.05) is 44.4 Å². The van der Waals surface area contributed by atoms with Crippen molar-refractivity contribution in [2.75, 3.05) is 26.2 Å². The molecular weight excluding hydrogens is 1000 g/mol. The number of aliphatic hydroxyl groups excluding tert-OH is 2. The zero-order valence-electron chi connectivity index (χ0n) is 50.1. The van der Waals surface area contributed by atoms with Gasteiger partial charge in [-0.15, -0.1) is 0 Å². The number of carbonyl (C=O) groups is 10.